The highest BCUT2D eigenvalue weighted by Crippen LogP contribution is 2.18. The third-order valence-corrected chi connectivity index (χ3v) is 3.69. The van der Waals surface area contributed by atoms with Gasteiger partial charge in [-0.15, -0.1) is 0 Å². The highest BCUT2D eigenvalue weighted by atomic mass is 127. The van der Waals surface area contributed by atoms with E-state index in [9.17, 15) is 4.79 Å². The van der Waals surface area contributed by atoms with Gasteiger partial charge in [0.25, 0.3) is 0 Å². The molecular formula is C11H21IO2. The zero-order chi connectivity index (χ0) is 11.4. The first-order chi connectivity index (χ1) is 6.29. The number of carbonyl (C=O) groups is 1. The first-order valence-electron chi connectivity index (χ1n) is 5.02. The number of rotatable bonds is 4. The molecule has 0 radical (unpaired) electrons. The van der Waals surface area contributed by atoms with Gasteiger partial charge in [0.1, 0.15) is 0 Å². The van der Waals surface area contributed by atoms with Gasteiger partial charge in [-0.3, -0.25) is 4.79 Å². The molecule has 0 N–H and O–H groups in total. The quantitative estimate of drug-likeness (QED) is 0.452. The monoisotopic (exact) mass is 312 g/mol. The predicted octanol–water partition coefficient (Wildman–Crippen LogP) is 3.28. The Kier molecular flexibility index (Phi) is 6.02. The topological polar surface area (TPSA) is 26.3 Å². The molecule has 14 heavy (non-hydrogen) atoms. The van der Waals surface area contributed by atoms with E-state index in [2.05, 4.69) is 36.4 Å². The molecule has 0 aliphatic rings. The third-order valence-electron chi connectivity index (χ3n) is 2.30. The van der Waals surface area contributed by atoms with Crippen LogP contribution in [-0.4, -0.2) is 17.0 Å². The van der Waals surface area contributed by atoms with Crippen molar-refractivity contribution >= 4 is 28.6 Å². The van der Waals surface area contributed by atoms with Crippen molar-refractivity contribution < 1.29 is 9.53 Å². The van der Waals surface area contributed by atoms with Crippen molar-refractivity contribution in [2.24, 2.45) is 17.3 Å². The van der Waals surface area contributed by atoms with Crippen molar-refractivity contribution in [2.45, 2.75) is 34.6 Å². The van der Waals surface area contributed by atoms with Gasteiger partial charge in [-0.25, -0.2) is 0 Å². The fraction of sp³-hybridized carbons (Fsp3) is 0.909. The first kappa shape index (κ1) is 14.2. The van der Waals surface area contributed by atoms with E-state index in [1.807, 2.05) is 20.8 Å². The second-order valence-corrected chi connectivity index (χ2v) is 5.84. The first-order valence-corrected chi connectivity index (χ1v) is 6.54. The maximum Gasteiger partial charge on any atom is 0.311 e. The van der Waals surface area contributed by atoms with Gasteiger partial charge in [0, 0.05) is 4.43 Å². The van der Waals surface area contributed by atoms with E-state index in [0.29, 0.717) is 18.4 Å². The van der Waals surface area contributed by atoms with Crippen LogP contribution in [0.25, 0.3) is 0 Å². The molecule has 3 heteroatoms. The molecule has 0 bridgehead atoms. The van der Waals surface area contributed by atoms with Crippen LogP contribution in [0.2, 0.25) is 0 Å². The molecule has 2 atom stereocenters. The van der Waals surface area contributed by atoms with Gasteiger partial charge in [-0.1, -0.05) is 36.4 Å². The van der Waals surface area contributed by atoms with E-state index in [-0.39, 0.29) is 11.4 Å². The zero-order valence-electron chi connectivity index (χ0n) is 9.76. The van der Waals surface area contributed by atoms with E-state index in [4.69, 9.17) is 4.74 Å². The van der Waals surface area contributed by atoms with Gasteiger partial charge in [0.05, 0.1) is 12.0 Å². The van der Waals surface area contributed by atoms with Gasteiger partial charge < -0.3 is 4.74 Å². The molecule has 84 valence electrons. The molecule has 0 unspecified atom stereocenters. The van der Waals surface area contributed by atoms with Crippen LogP contribution in [0.1, 0.15) is 34.6 Å². The van der Waals surface area contributed by atoms with Crippen molar-refractivity contribution in [3.63, 3.8) is 0 Å². The number of ether oxygens (including phenoxy) is 1. The minimum Gasteiger partial charge on any atom is -0.465 e. The summed E-state index contributed by atoms with van der Waals surface area (Å²) >= 11 is 2.36. The maximum atomic E-state index is 11.5. The highest BCUT2D eigenvalue weighted by molar-refractivity contribution is 14.1. The van der Waals surface area contributed by atoms with E-state index in [1.54, 1.807) is 0 Å². The summed E-state index contributed by atoms with van der Waals surface area (Å²) in [6.45, 7) is 10.5. The minimum absolute atomic E-state index is 0.106. The lowest BCUT2D eigenvalue weighted by Gasteiger charge is -2.21. The molecule has 2 nitrogen and oxygen atoms in total. The van der Waals surface area contributed by atoms with E-state index < -0.39 is 0 Å². The van der Waals surface area contributed by atoms with Gasteiger partial charge in [-0.2, -0.15) is 0 Å². The van der Waals surface area contributed by atoms with Gasteiger partial charge >= 0.3 is 5.97 Å². The summed E-state index contributed by atoms with van der Waals surface area (Å²) < 4.78 is 6.35. The van der Waals surface area contributed by atoms with Gasteiger partial charge in [0.2, 0.25) is 0 Å². The summed E-state index contributed by atoms with van der Waals surface area (Å²) in [4.78, 5) is 11.5. The largest absolute Gasteiger partial charge is 0.465 e. The lowest BCUT2D eigenvalue weighted by atomic mass is 9.96. The molecule has 0 spiro atoms. The Morgan fingerprint density at radius 2 is 1.79 bits per heavy atom. The molecule has 0 heterocycles. The third kappa shape index (κ3) is 5.17. The van der Waals surface area contributed by atoms with Crippen molar-refractivity contribution in [3.05, 3.63) is 0 Å². The van der Waals surface area contributed by atoms with Crippen LogP contribution in [0.15, 0.2) is 0 Å². The number of hydrogen-bond acceptors (Lipinski definition) is 2. The Labute approximate surface area is 101 Å². The molecule has 0 amide bonds. The van der Waals surface area contributed by atoms with Crippen molar-refractivity contribution in [1.82, 2.24) is 0 Å². The lowest BCUT2D eigenvalue weighted by molar-refractivity contribution is -0.154. The van der Waals surface area contributed by atoms with Crippen LogP contribution >= 0.6 is 22.6 Å². The van der Waals surface area contributed by atoms with E-state index in [1.165, 1.54) is 0 Å². The Morgan fingerprint density at radius 3 is 2.14 bits per heavy atom. The van der Waals surface area contributed by atoms with Crippen LogP contribution in [0.3, 0.4) is 0 Å². The van der Waals surface area contributed by atoms with Crippen molar-refractivity contribution in [2.75, 3.05) is 11.0 Å². The molecule has 0 saturated heterocycles. The summed E-state index contributed by atoms with van der Waals surface area (Å²) in [6.07, 6.45) is 0. The molecule has 0 aliphatic heterocycles. The molecular weight excluding hydrogens is 291 g/mol. The summed E-state index contributed by atoms with van der Waals surface area (Å²) in [5.74, 6) is 0.937. The summed E-state index contributed by atoms with van der Waals surface area (Å²) in [6, 6.07) is 0. The van der Waals surface area contributed by atoms with Crippen LogP contribution in [-0.2, 0) is 9.53 Å². The number of alkyl halides is 1. The van der Waals surface area contributed by atoms with Crippen molar-refractivity contribution in [1.29, 1.82) is 0 Å². The summed E-state index contributed by atoms with van der Waals surface area (Å²) in [5, 5.41) is 0. The Bertz CT molecular complexity index is 184. The number of carbonyl (C=O) groups excluding carboxylic acids is 1. The summed E-state index contributed by atoms with van der Waals surface area (Å²) in [5.41, 5.74) is -0.382. The smallest absolute Gasteiger partial charge is 0.311 e. The summed E-state index contributed by atoms with van der Waals surface area (Å²) in [7, 11) is 0. The van der Waals surface area contributed by atoms with E-state index in [0.717, 1.165) is 4.43 Å². The van der Waals surface area contributed by atoms with Crippen LogP contribution in [0.5, 0.6) is 0 Å². The van der Waals surface area contributed by atoms with E-state index >= 15 is 0 Å². The molecule has 0 aromatic rings. The number of esters is 1. The highest BCUT2D eigenvalue weighted by Gasteiger charge is 2.24. The Hall–Kier alpha value is 0.200. The number of halogens is 1. The second kappa shape index (κ2) is 5.93. The SMILES string of the molecule is C[C@@H](CI)[C@@H](C)COC(=O)C(C)(C)C. The zero-order valence-corrected chi connectivity index (χ0v) is 11.9. The lowest BCUT2D eigenvalue weighted by Crippen LogP contribution is -2.26. The molecule has 0 aliphatic carbocycles. The fourth-order valence-electron chi connectivity index (χ4n) is 0.740. The van der Waals surface area contributed by atoms with Crippen LogP contribution < -0.4 is 0 Å². The average Bonchev–Trinajstić information content (AvgIpc) is 2.10. The molecule has 0 aromatic carbocycles. The molecule has 0 saturated carbocycles. The Balaban J connectivity index is 3.89. The molecule has 0 fully saturated rings. The standard InChI is InChI=1S/C11H21IO2/c1-8(6-12)9(2)7-14-10(13)11(3,4)5/h8-9H,6-7H2,1-5H3/t8-,9-/m0/s1. The van der Waals surface area contributed by atoms with Crippen LogP contribution in [0, 0.1) is 17.3 Å². The van der Waals surface area contributed by atoms with Crippen molar-refractivity contribution in [3.8, 4) is 0 Å². The average molecular weight is 312 g/mol. The Morgan fingerprint density at radius 1 is 1.29 bits per heavy atom. The number of hydrogen-bond donors (Lipinski definition) is 0. The normalized spacial score (nSPS) is 16.1. The van der Waals surface area contributed by atoms with Gasteiger partial charge in [-0.05, 0) is 32.6 Å². The second-order valence-electron chi connectivity index (χ2n) is 4.96. The minimum atomic E-state index is -0.382. The molecule has 0 aromatic heterocycles. The fourth-order valence-corrected chi connectivity index (χ4v) is 1.61. The molecule has 0 rings (SSSR count). The predicted molar refractivity (Wildman–Crippen MR) is 67.6 cm³/mol. The maximum absolute atomic E-state index is 11.5. The van der Waals surface area contributed by atoms with Gasteiger partial charge in [0.15, 0.2) is 0 Å². The van der Waals surface area contributed by atoms with Crippen LogP contribution in [0.4, 0.5) is 0 Å².